The highest BCUT2D eigenvalue weighted by molar-refractivity contribution is 5.26. The molecule has 0 amide bonds. The van der Waals surface area contributed by atoms with Crippen LogP contribution in [0.1, 0.15) is 31.2 Å². The molecule has 0 saturated heterocycles. The molecule has 1 fully saturated rings. The lowest BCUT2D eigenvalue weighted by atomic mass is 9.97. The van der Waals surface area contributed by atoms with Crippen LogP contribution < -0.4 is 5.32 Å². The van der Waals surface area contributed by atoms with Gasteiger partial charge in [0, 0.05) is 0 Å². The van der Waals surface area contributed by atoms with Gasteiger partial charge in [0.25, 0.3) is 0 Å². The molecule has 82 valence electrons. The summed E-state index contributed by atoms with van der Waals surface area (Å²) in [7, 11) is 2.06. The first-order valence-corrected chi connectivity index (χ1v) is 6.06. The van der Waals surface area contributed by atoms with Crippen molar-refractivity contribution in [1.29, 1.82) is 0 Å². The number of benzene rings is 1. The first-order valence-electron chi connectivity index (χ1n) is 6.06. The van der Waals surface area contributed by atoms with Crippen molar-refractivity contribution in [2.45, 2.75) is 25.7 Å². The van der Waals surface area contributed by atoms with Crippen molar-refractivity contribution in [3.63, 3.8) is 0 Å². The summed E-state index contributed by atoms with van der Waals surface area (Å²) in [6, 6.07) is 11.0. The zero-order chi connectivity index (χ0) is 10.7. The maximum absolute atomic E-state index is 3.31. The van der Waals surface area contributed by atoms with Crippen molar-refractivity contribution in [2.75, 3.05) is 13.6 Å². The molecule has 15 heavy (non-hydrogen) atoms. The monoisotopic (exact) mass is 203 g/mol. The van der Waals surface area contributed by atoms with Crippen molar-refractivity contribution in [1.82, 2.24) is 5.32 Å². The molecule has 0 radical (unpaired) electrons. The molecule has 0 aromatic heterocycles. The minimum Gasteiger partial charge on any atom is -0.319 e. The molecule has 0 heterocycles. The lowest BCUT2D eigenvalue weighted by Crippen LogP contribution is -2.20. The molecule has 0 aliphatic heterocycles. The van der Waals surface area contributed by atoms with Crippen molar-refractivity contribution in [2.24, 2.45) is 11.8 Å². The number of nitrogens with one attached hydrogen (secondary N) is 1. The van der Waals surface area contributed by atoms with E-state index < -0.39 is 0 Å². The SMILES string of the molecule is CCC(CNC)C1CC1c1ccccc1. The van der Waals surface area contributed by atoms with E-state index in [1.807, 2.05) is 0 Å². The Hall–Kier alpha value is -0.820. The molecular weight excluding hydrogens is 182 g/mol. The van der Waals surface area contributed by atoms with Gasteiger partial charge in [-0.3, -0.25) is 0 Å². The Labute approximate surface area is 92.9 Å². The van der Waals surface area contributed by atoms with Crippen LogP contribution in [0.5, 0.6) is 0 Å². The molecule has 0 spiro atoms. The molecule has 0 bridgehead atoms. The largest absolute Gasteiger partial charge is 0.319 e. The highest BCUT2D eigenvalue weighted by Crippen LogP contribution is 2.52. The molecular formula is C14H21N. The Balaban J connectivity index is 1.95. The van der Waals surface area contributed by atoms with Gasteiger partial charge in [-0.15, -0.1) is 0 Å². The highest BCUT2D eigenvalue weighted by atomic mass is 14.8. The predicted octanol–water partition coefficient (Wildman–Crippen LogP) is 3.04. The fourth-order valence-electron chi connectivity index (χ4n) is 2.68. The van der Waals surface area contributed by atoms with E-state index in [0.717, 1.165) is 17.8 Å². The van der Waals surface area contributed by atoms with Crippen molar-refractivity contribution >= 4 is 0 Å². The minimum absolute atomic E-state index is 0.837. The first-order chi connectivity index (χ1) is 7.36. The Bertz CT molecular complexity index is 293. The van der Waals surface area contributed by atoms with E-state index in [-0.39, 0.29) is 0 Å². The van der Waals surface area contributed by atoms with Crippen LogP contribution in [-0.4, -0.2) is 13.6 Å². The maximum atomic E-state index is 3.31. The summed E-state index contributed by atoms with van der Waals surface area (Å²) in [5.41, 5.74) is 1.54. The normalized spacial score (nSPS) is 26.3. The van der Waals surface area contributed by atoms with Crippen LogP contribution >= 0.6 is 0 Å². The Morgan fingerprint density at radius 1 is 1.33 bits per heavy atom. The van der Waals surface area contributed by atoms with E-state index in [1.54, 1.807) is 0 Å². The molecule has 1 aliphatic carbocycles. The van der Waals surface area contributed by atoms with Gasteiger partial charge in [0.1, 0.15) is 0 Å². The lowest BCUT2D eigenvalue weighted by molar-refractivity contribution is 0.421. The van der Waals surface area contributed by atoms with Crippen molar-refractivity contribution in [3.8, 4) is 0 Å². The maximum Gasteiger partial charge on any atom is -0.00208 e. The third-order valence-electron chi connectivity index (χ3n) is 3.66. The minimum atomic E-state index is 0.837. The summed E-state index contributed by atoms with van der Waals surface area (Å²) in [4.78, 5) is 0. The summed E-state index contributed by atoms with van der Waals surface area (Å²) in [5.74, 6) is 2.62. The number of hydrogen-bond donors (Lipinski definition) is 1. The second-order valence-electron chi connectivity index (χ2n) is 4.64. The molecule has 1 N–H and O–H groups in total. The average Bonchev–Trinajstić information content (AvgIpc) is 3.07. The summed E-state index contributed by atoms with van der Waals surface area (Å²) in [5, 5.41) is 3.31. The molecule has 3 atom stereocenters. The van der Waals surface area contributed by atoms with Gasteiger partial charge >= 0.3 is 0 Å². The molecule has 1 heteroatoms. The van der Waals surface area contributed by atoms with E-state index >= 15 is 0 Å². The van der Waals surface area contributed by atoms with Gasteiger partial charge in [-0.25, -0.2) is 0 Å². The van der Waals surface area contributed by atoms with E-state index in [0.29, 0.717) is 0 Å². The third-order valence-corrected chi connectivity index (χ3v) is 3.66. The van der Waals surface area contributed by atoms with Crippen LogP contribution in [0, 0.1) is 11.8 Å². The standard InChI is InChI=1S/C14H21N/c1-3-11(10-15-2)13-9-14(13)12-7-5-4-6-8-12/h4-8,11,13-15H,3,9-10H2,1-2H3. The van der Waals surface area contributed by atoms with Gasteiger partial charge in [0.2, 0.25) is 0 Å². The second kappa shape index (κ2) is 4.80. The molecule has 1 aromatic carbocycles. The van der Waals surface area contributed by atoms with E-state index in [2.05, 4.69) is 49.6 Å². The van der Waals surface area contributed by atoms with Crippen LogP contribution in [0.25, 0.3) is 0 Å². The zero-order valence-corrected chi connectivity index (χ0v) is 9.74. The molecule has 1 nitrogen and oxygen atoms in total. The third kappa shape index (κ3) is 2.40. The molecule has 3 unspecified atom stereocenters. The summed E-state index contributed by atoms with van der Waals surface area (Å²) in [6.07, 6.45) is 2.69. The topological polar surface area (TPSA) is 12.0 Å². The van der Waals surface area contributed by atoms with Gasteiger partial charge in [-0.2, -0.15) is 0 Å². The molecule has 1 aromatic rings. The molecule has 1 saturated carbocycles. The lowest BCUT2D eigenvalue weighted by Gasteiger charge is -2.13. The summed E-state index contributed by atoms with van der Waals surface area (Å²) >= 11 is 0. The number of hydrogen-bond acceptors (Lipinski definition) is 1. The van der Waals surface area contributed by atoms with Crippen LogP contribution in [0.3, 0.4) is 0 Å². The zero-order valence-electron chi connectivity index (χ0n) is 9.74. The predicted molar refractivity (Wildman–Crippen MR) is 65.0 cm³/mol. The van der Waals surface area contributed by atoms with Gasteiger partial charge in [0.15, 0.2) is 0 Å². The van der Waals surface area contributed by atoms with Gasteiger partial charge in [0.05, 0.1) is 0 Å². The second-order valence-corrected chi connectivity index (χ2v) is 4.64. The Morgan fingerprint density at radius 3 is 2.67 bits per heavy atom. The first kappa shape index (κ1) is 10.7. The van der Waals surface area contributed by atoms with E-state index in [1.165, 1.54) is 24.9 Å². The van der Waals surface area contributed by atoms with E-state index in [4.69, 9.17) is 0 Å². The van der Waals surface area contributed by atoms with Crippen molar-refractivity contribution < 1.29 is 0 Å². The van der Waals surface area contributed by atoms with Gasteiger partial charge in [-0.05, 0) is 43.3 Å². The summed E-state index contributed by atoms with van der Waals surface area (Å²) in [6.45, 7) is 3.48. The van der Waals surface area contributed by atoms with Gasteiger partial charge < -0.3 is 5.32 Å². The van der Waals surface area contributed by atoms with Crippen molar-refractivity contribution in [3.05, 3.63) is 35.9 Å². The van der Waals surface area contributed by atoms with Crippen LogP contribution in [-0.2, 0) is 0 Å². The smallest absolute Gasteiger partial charge is 0.00208 e. The van der Waals surface area contributed by atoms with E-state index in [9.17, 15) is 0 Å². The fourth-order valence-corrected chi connectivity index (χ4v) is 2.68. The molecule has 1 aliphatic rings. The average molecular weight is 203 g/mol. The summed E-state index contributed by atoms with van der Waals surface area (Å²) < 4.78 is 0. The molecule has 2 rings (SSSR count). The highest BCUT2D eigenvalue weighted by Gasteiger charge is 2.42. The Morgan fingerprint density at radius 2 is 2.07 bits per heavy atom. The Kier molecular flexibility index (Phi) is 3.42. The van der Waals surface area contributed by atoms with Crippen LogP contribution in [0.15, 0.2) is 30.3 Å². The number of rotatable bonds is 5. The quantitative estimate of drug-likeness (QED) is 0.775. The van der Waals surface area contributed by atoms with Crippen LogP contribution in [0.2, 0.25) is 0 Å². The fraction of sp³-hybridized carbons (Fsp3) is 0.571. The van der Waals surface area contributed by atoms with Gasteiger partial charge in [-0.1, -0.05) is 43.7 Å². The van der Waals surface area contributed by atoms with Crippen LogP contribution in [0.4, 0.5) is 0 Å².